The van der Waals surface area contributed by atoms with Gasteiger partial charge in [-0.1, -0.05) is 25.6 Å². The van der Waals surface area contributed by atoms with Gasteiger partial charge in [0.05, 0.1) is 0 Å². The highest BCUT2D eigenvalue weighted by molar-refractivity contribution is 5.28. The predicted molar refractivity (Wildman–Crippen MR) is 98.2 cm³/mol. The van der Waals surface area contributed by atoms with Gasteiger partial charge in [0.1, 0.15) is 0 Å². The summed E-state index contributed by atoms with van der Waals surface area (Å²) in [5.41, 5.74) is 1.00. The maximum atomic E-state index is 14.2. The van der Waals surface area contributed by atoms with Crippen molar-refractivity contribution in [3.63, 3.8) is 0 Å². The SMILES string of the molecule is C.C=CC1CCC(C2CCC(c3ccc(C)c(F)c3F)CC2)CC1. The van der Waals surface area contributed by atoms with Gasteiger partial charge in [0.25, 0.3) is 0 Å². The van der Waals surface area contributed by atoms with Crippen molar-refractivity contribution >= 4 is 0 Å². The number of hydrogen-bond donors (Lipinski definition) is 0. The molecule has 0 bridgehead atoms. The molecule has 0 N–H and O–H groups in total. The minimum Gasteiger partial charge on any atom is -0.203 e. The zero-order chi connectivity index (χ0) is 16.4. The van der Waals surface area contributed by atoms with Gasteiger partial charge in [-0.05, 0) is 93.1 Å². The van der Waals surface area contributed by atoms with Gasteiger partial charge in [-0.3, -0.25) is 0 Å². The van der Waals surface area contributed by atoms with E-state index in [0.717, 1.165) is 24.7 Å². The summed E-state index contributed by atoms with van der Waals surface area (Å²) in [7, 11) is 0. The molecular formula is C22H32F2. The van der Waals surface area contributed by atoms with Crippen molar-refractivity contribution in [2.24, 2.45) is 17.8 Å². The molecule has 0 nitrogen and oxygen atoms in total. The minimum atomic E-state index is -0.660. The van der Waals surface area contributed by atoms with E-state index in [9.17, 15) is 8.78 Å². The highest BCUT2D eigenvalue weighted by Crippen LogP contribution is 2.44. The predicted octanol–water partition coefficient (Wildman–Crippen LogP) is 7.18. The molecule has 1 aromatic rings. The normalized spacial score (nSPS) is 30.5. The Morgan fingerprint density at radius 3 is 1.96 bits per heavy atom. The molecule has 0 spiro atoms. The van der Waals surface area contributed by atoms with E-state index >= 15 is 0 Å². The number of allylic oxidation sites excluding steroid dienone is 1. The smallest absolute Gasteiger partial charge is 0.162 e. The molecule has 2 aliphatic rings. The first-order valence-electron chi connectivity index (χ1n) is 9.17. The third-order valence-electron chi connectivity index (χ3n) is 6.33. The topological polar surface area (TPSA) is 0 Å². The van der Waals surface area contributed by atoms with Gasteiger partial charge in [-0.15, -0.1) is 6.58 Å². The summed E-state index contributed by atoms with van der Waals surface area (Å²) >= 11 is 0. The summed E-state index contributed by atoms with van der Waals surface area (Å²) in [6.45, 7) is 5.54. The van der Waals surface area contributed by atoms with E-state index in [1.54, 1.807) is 19.1 Å². The Balaban J connectivity index is 0.00000208. The van der Waals surface area contributed by atoms with Crippen LogP contribution in [0, 0.1) is 36.3 Å². The zero-order valence-corrected chi connectivity index (χ0v) is 14.2. The largest absolute Gasteiger partial charge is 0.203 e. The molecule has 2 saturated carbocycles. The summed E-state index contributed by atoms with van der Waals surface area (Å²) in [5.74, 6) is 1.27. The first-order chi connectivity index (χ1) is 11.1. The van der Waals surface area contributed by atoms with E-state index in [2.05, 4.69) is 12.7 Å². The highest BCUT2D eigenvalue weighted by Gasteiger charge is 2.31. The van der Waals surface area contributed by atoms with Gasteiger partial charge >= 0.3 is 0 Å². The quantitative estimate of drug-likeness (QED) is 0.514. The molecule has 0 aliphatic heterocycles. The summed E-state index contributed by atoms with van der Waals surface area (Å²) in [4.78, 5) is 0. The van der Waals surface area contributed by atoms with Crippen LogP contribution in [0.1, 0.15) is 75.8 Å². The number of benzene rings is 1. The molecule has 24 heavy (non-hydrogen) atoms. The van der Waals surface area contributed by atoms with Gasteiger partial charge in [-0.2, -0.15) is 0 Å². The fourth-order valence-corrected chi connectivity index (χ4v) is 4.73. The van der Waals surface area contributed by atoms with Crippen molar-refractivity contribution in [2.45, 2.75) is 71.6 Å². The minimum absolute atomic E-state index is 0. The number of rotatable bonds is 3. The molecule has 1 aromatic carbocycles. The molecule has 0 saturated heterocycles. The molecule has 2 aliphatic carbocycles. The van der Waals surface area contributed by atoms with E-state index in [0.29, 0.717) is 17.0 Å². The van der Waals surface area contributed by atoms with E-state index < -0.39 is 11.6 Å². The van der Waals surface area contributed by atoms with Crippen molar-refractivity contribution in [2.75, 3.05) is 0 Å². The standard InChI is InChI=1S/C21H28F2.CH4/c1-3-15-5-7-16(8-6-15)17-9-11-18(12-10-17)19-13-4-14(2)20(22)21(19)23;/h3-4,13,15-18H,1,5-12H2,2H3;1H4. The Hall–Kier alpha value is -1.18. The first-order valence-corrected chi connectivity index (χ1v) is 9.17. The first kappa shape index (κ1) is 19.1. The fourth-order valence-electron chi connectivity index (χ4n) is 4.73. The molecule has 0 unspecified atom stereocenters. The van der Waals surface area contributed by atoms with Gasteiger partial charge in [0.2, 0.25) is 0 Å². The average Bonchev–Trinajstić information content (AvgIpc) is 2.60. The van der Waals surface area contributed by atoms with Gasteiger partial charge < -0.3 is 0 Å². The summed E-state index contributed by atoms with van der Waals surface area (Å²) < 4.78 is 28.0. The molecule has 2 heteroatoms. The molecule has 0 radical (unpaired) electrons. The Morgan fingerprint density at radius 2 is 1.42 bits per heavy atom. The van der Waals surface area contributed by atoms with Gasteiger partial charge in [0, 0.05) is 0 Å². The van der Waals surface area contributed by atoms with E-state index in [1.807, 2.05) is 0 Å². The number of aryl methyl sites for hydroxylation is 1. The fraction of sp³-hybridized carbons (Fsp3) is 0.636. The second-order valence-corrected chi connectivity index (χ2v) is 7.62. The molecular weight excluding hydrogens is 302 g/mol. The van der Waals surface area contributed by atoms with Crippen LogP contribution in [0.2, 0.25) is 0 Å². The Morgan fingerprint density at radius 1 is 0.875 bits per heavy atom. The molecule has 2 fully saturated rings. The lowest BCUT2D eigenvalue weighted by atomic mass is 9.68. The monoisotopic (exact) mass is 334 g/mol. The lowest BCUT2D eigenvalue weighted by Gasteiger charge is -2.37. The van der Waals surface area contributed by atoms with Crippen LogP contribution < -0.4 is 0 Å². The van der Waals surface area contributed by atoms with Crippen LogP contribution in [-0.2, 0) is 0 Å². The van der Waals surface area contributed by atoms with Crippen molar-refractivity contribution < 1.29 is 8.78 Å². The van der Waals surface area contributed by atoms with E-state index in [-0.39, 0.29) is 13.3 Å². The molecule has 0 heterocycles. The van der Waals surface area contributed by atoms with Crippen molar-refractivity contribution in [1.82, 2.24) is 0 Å². The zero-order valence-electron chi connectivity index (χ0n) is 14.2. The van der Waals surface area contributed by atoms with Crippen LogP contribution in [0.25, 0.3) is 0 Å². The lowest BCUT2D eigenvalue weighted by molar-refractivity contribution is 0.170. The van der Waals surface area contributed by atoms with Crippen molar-refractivity contribution in [1.29, 1.82) is 0 Å². The Labute approximate surface area is 146 Å². The molecule has 3 rings (SSSR count). The summed E-state index contributed by atoms with van der Waals surface area (Å²) in [5, 5.41) is 0. The van der Waals surface area contributed by atoms with Gasteiger partial charge in [-0.25, -0.2) is 8.78 Å². The number of hydrogen-bond acceptors (Lipinski definition) is 0. The van der Waals surface area contributed by atoms with Crippen LogP contribution in [0.15, 0.2) is 24.8 Å². The van der Waals surface area contributed by atoms with Crippen LogP contribution in [0.5, 0.6) is 0 Å². The van der Waals surface area contributed by atoms with Crippen LogP contribution in [0.3, 0.4) is 0 Å². The molecule has 0 aromatic heterocycles. The molecule has 0 atom stereocenters. The maximum Gasteiger partial charge on any atom is 0.162 e. The molecule has 0 amide bonds. The Bertz CT molecular complexity index is 547. The average molecular weight is 334 g/mol. The van der Waals surface area contributed by atoms with Crippen LogP contribution in [0.4, 0.5) is 8.78 Å². The van der Waals surface area contributed by atoms with E-state index in [1.165, 1.54) is 38.5 Å². The third kappa shape index (κ3) is 3.90. The van der Waals surface area contributed by atoms with Crippen molar-refractivity contribution in [3.8, 4) is 0 Å². The third-order valence-corrected chi connectivity index (χ3v) is 6.33. The second-order valence-electron chi connectivity index (χ2n) is 7.62. The number of halogens is 2. The second kappa shape index (κ2) is 8.27. The van der Waals surface area contributed by atoms with Crippen molar-refractivity contribution in [3.05, 3.63) is 47.5 Å². The maximum absolute atomic E-state index is 14.2. The highest BCUT2D eigenvalue weighted by atomic mass is 19.2. The lowest BCUT2D eigenvalue weighted by Crippen LogP contribution is -2.25. The van der Waals surface area contributed by atoms with E-state index in [4.69, 9.17) is 0 Å². The summed E-state index contributed by atoms with van der Waals surface area (Å²) in [6, 6.07) is 3.52. The van der Waals surface area contributed by atoms with Gasteiger partial charge in [0.15, 0.2) is 11.6 Å². The van der Waals surface area contributed by atoms with Crippen LogP contribution in [-0.4, -0.2) is 0 Å². The summed E-state index contributed by atoms with van der Waals surface area (Å²) in [6.07, 6.45) is 11.7. The molecule has 134 valence electrons. The van der Waals surface area contributed by atoms with Crippen LogP contribution >= 0.6 is 0 Å². The Kier molecular flexibility index (Phi) is 6.60.